The lowest BCUT2D eigenvalue weighted by Gasteiger charge is -2.02. The highest BCUT2D eigenvalue weighted by Crippen LogP contribution is 2.20. The Hall–Kier alpha value is -3.03. The number of benzene rings is 1. The Morgan fingerprint density at radius 1 is 1.52 bits per heavy atom. The van der Waals surface area contributed by atoms with Gasteiger partial charge in [-0.1, -0.05) is 0 Å². The monoisotopic (exact) mass is 289 g/mol. The van der Waals surface area contributed by atoms with Crippen LogP contribution >= 0.6 is 0 Å². The zero-order valence-corrected chi connectivity index (χ0v) is 11.1. The van der Waals surface area contributed by atoms with Gasteiger partial charge in [0.2, 0.25) is 0 Å². The molecule has 0 saturated heterocycles. The third-order valence-corrected chi connectivity index (χ3v) is 2.69. The number of carbonyl (C=O) groups is 2. The molecule has 0 aliphatic heterocycles. The smallest absolute Gasteiger partial charge is 0.341 e. The standard InChI is InChI=1S/C13H11N3O5/c1-2-21-13(18)10-6-14-15(7-10)11-3-4-12(16(19)20)9(5-11)8-17/h3-8H,2H2,1H3. The van der Waals surface area contributed by atoms with Gasteiger partial charge in [0, 0.05) is 12.3 Å². The van der Waals surface area contributed by atoms with E-state index in [1.54, 1.807) is 6.92 Å². The van der Waals surface area contributed by atoms with Crippen LogP contribution in [0.1, 0.15) is 27.6 Å². The minimum atomic E-state index is -0.638. The highest BCUT2D eigenvalue weighted by molar-refractivity contribution is 5.89. The van der Waals surface area contributed by atoms with Crippen molar-refractivity contribution in [3.05, 3.63) is 51.8 Å². The molecule has 0 aliphatic carbocycles. The van der Waals surface area contributed by atoms with Crippen LogP contribution < -0.4 is 0 Å². The van der Waals surface area contributed by atoms with Crippen LogP contribution in [0, 0.1) is 10.1 Å². The predicted molar refractivity (Wildman–Crippen MR) is 71.6 cm³/mol. The molecule has 0 atom stereocenters. The number of ether oxygens (including phenoxy) is 1. The number of nitro benzene ring substituents is 1. The molecule has 0 aliphatic rings. The average Bonchev–Trinajstić information content (AvgIpc) is 2.96. The summed E-state index contributed by atoms with van der Waals surface area (Å²) < 4.78 is 6.17. The zero-order chi connectivity index (χ0) is 15.4. The molecule has 0 N–H and O–H groups in total. The van der Waals surface area contributed by atoms with Gasteiger partial charge in [0.05, 0.1) is 34.5 Å². The number of rotatable bonds is 5. The molecule has 8 heteroatoms. The van der Waals surface area contributed by atoms with Crippen LogP contribution in [-0.4, -0.2) is 33.6 Å². The van der Waals surface area contributed by atoms with Crippen molar-refractivity contribution >= 4 is 17.9 Å². The fourth-order valence-corrected chi connectivity index (χ4v) is 1.73. The minimum absolute atomic E-state index is 0.0642. The molecule has 2 aromatic rings. The number of carbonyl (C=O) groups excluding carboxylic acids is 2. The minimum Gasteiger partial charge on any atom is -0.462 e. The summed E-state index contributed by atoms with van der Waals surface area (Å²) in [6.07, 6.45) is 3.14. The van der Waals surface area contributed by atoms with Crippen LogP contribution in [0.25, 0.3) is 5.69 Å². The first-order valence-electron chi connectivity index (χ1n) is 6.02. The molecular formula is C13H11N3O5. The van der Waals surface area contributed by atoms with E-state index in [-0.39, 0.29) is 23.4 Å². The zero-order valence-electron chi connectivity index (χ0n) is 11.1. The lowest BCUT2D eigenvalue weighted by molar-refractivity contribution is -0.385. The van der Waals surface area contributed by atoms with E-state index in [1.807, 2.05) is 0 Å². The summed E-state index contributed by atoms with van der Waals surface area (Å²) in [5.41, 5.74) is 0.332. The van der Waals surface area contributed by atoms with Gasteiger partial charge in [-0.05, 0) is 19.1 Å². The van der Waals surface area contributed by atoms with E-state index < -0.39 is 10.9 Å². The van der Waals surface area contributed by atoms with Crippen molar-refractivity contribution in [1.29, 1.82) is 0 Å². The van der Waals surface area contributed by atoms with Gasteiger partial charge in [0.1, 0.15) is 0 Å². The number of nitro groups is 1. The van der Waals surface area contributed by atoms with Crippen molar-refractivity contribution < 1.29 is 19.2 Å². The summed E-state index contributed by atoms with van der Waals surface area (Å²) in [4.78, 5) is 32.6. The number of nitrogens with zero attached hydrogens (tertiary/aromatic N) is 3. The van der Waals surface area contributed by atoms with Crippen LogP contribution in [0.4, 0.5) is 5.69 Å². The van der Waals surface area contributed by atoms with Crippen molar-refractivity contribution in [1.82, 2.24) is 9.78 Å². The summed E-state index contributed by atoms with van der Waals surface area (Å²) >= 11 is 0. The highest BCUT2D eigenvalue weighted by Gasteiger charge is 2.15. The van der Waals surface area contributed by atoms with E-state index in [0.29, 0.717) is 12.0 Å². The van der Waals surface area contributed by atoms with E-state index >= 15 is 0 Å². The summed E-state index contributed by atoms with van der Waals surface area (Å²) in [5, 5.41) is 14.7. The first-order valence-corrected chi connectivity index (χ1v) is 6.02. The van der Waals surface area contributed by atoms with Gasteiger partial charge in [-0.2, -0.15) is 5.10 Å². The Morgan fingerprint density at radius 3 is 2.90 bits per heavy atom. The van der Waals surface area contributed by atoms with Crippen molar-refractivity contribution in [3.63, 3.8) is 0 Å². The van der Waals surface area contributed by atoms with Crippen molar-refractivity contribution in [3.8, 4) is 5.69 Å². The van der Waals surface area contributed by atoms with Gasteiger partial charge in [-0.3, -0.25) is 14.9 Å². The highest BCUT2D eigenvalue weighted by atomic mass is 16.6. The van der Waals surface area contributed by atoms with Crippen LogP contribution in [0.2, 0.25) is 0 Å². The first kappa shape index (κ1) is 14.4. The molecule has 2 rings (SSSR count). The van der Waals surface area contributed by atoms with E-state index in [2.05, 4.69) is 5.10 Å². The Morgan fingerprint density at radius 2 is 2.29 bits per heavy atom. The molecule has 1 aromatic carbocycles. The van der Waals surface area contributed by atoms with E-state index in [4.69, 9.17) is 4.74 Å². The Bertz CT molecular complexity index is 708. The van der Waals surface area contributed by atoms with Gasteiger partial charge < -0.3 is 4.74 Å². The second kappa shape index (κ2) is 5.95. The quantitative estimate of drug-likeness (QED) is 0.359. The Balaban J connectivity index is 2.37. The molecule has 0 spiro atoms. The van der Waals surface area contributed by atoms with Crippen LogP contribution in [0.3, 0.4) is 0 Å². The van der Waals surface area contributed by atoms with Gasteiger partial charge in [0.15, 0.2) is 6.29 Å². The predicted octanol–water partition coefficient (Wildman–Crippen LogP) is 1.77. The van der Waals surface area contributed by atoms with Gasteiger partial charge in [-0.25, -0.2) is 9.48 Å². The molecule has 21 heavy (non-hydrogen) atoms. The van der Waals surface area contributed by atoms with Crippen molar-refractivity contribution in [2.24, 2.45) is 0 Å². The third kappa shape index (κ3) is 2.94. The fraction of sp³-hybridized carbons (Fsp3) is 0.154. The number of hydrogen-bond acceptors (Lipinski definition) is 6. The van der Waals surface area contributed by atoms with Gasteiger partial charge in [-0.15, -0.1) is 0 Å². The van der Waals surface area contributed by atoms with Crippen molar-refractivity contribution in [2.75, 3.05) is 6.61 Å². The maximum atomic E-state index is 11.5. The SMILES string of the molecule is CCOC(=O)c1cnn(-c2ccc([N+](=O)[O-])c(C=O)c2)c1. The molecular weight excluding hydrogens is 278 g/mol. The van der Waals surface area contributed by atoms with Gasteiger partial charge in [0.25, 0.3) is 5.69 Å². The van der Waals surface area contributed by atoms with Crippen molar-refractivity contribution in [2.45, 2.75) is 6.92 Å². The second-order valence-electron chi connectivity index (χ2n) is 4.01. The number of aromatic nitrogens is 2. The number of esters is 1. The van der Waals surface area contributed by atoms with E-state index in [0.717, 1.165) is 0 Å². The molecule has 0 radical (unpaired) electrons. The van der Waals surface area contributed by atoms with Gasteiger partial charge >= 0.3 is 5.97 Å². The molecule has 0 fully saturated rings. The summed E-state index contributed by atoms with van der Waals surface area (Å²) in [7, 11) is 0. The van der Waals surface area contributed by atoms with Crippen LogP contribution in [0.5, 0.6) is 0 Å². The maximum absolute atomic E-state index is 11.5. The number of aldehydes is 1. The van der Waals surface area contributed by atoms with Crippen LogP contribution in [-0.2, 0) is 4.74 Å². The summed E-state index contributed by atoms with van der Waals surface area (Å²) in [5.74, 6) is -0.513. The molecule has 108 valence electrons. The fourth-order valence-electron chi connectivity index (χ4n) is 1.73. The van der Waals surface area contributed by atoms with E-state index in [1.165, 1.54) is 35.3 Å². The largest absolute Gasteiger partial charge is 0.462 e. The maximum Gasteiger partial charge on any atom is 0.341 e. The Labute approximate surface area is 119 Å². The number of hydrogen-bond donors (Lipinski definition) is 0. The normalized spacial score (nSPS) is 10.1. The summed E-state index contributed by atoms with van der Waals surface area (Å²) in [6.45, 7) is 1.94. The third-order valence-electron chi connectivity index (χ3n) is 2.69. The summed E-state index contributed by atoms with van der Waals surface area (Å²) in [6, 6.07) is 3.98. The van der Waals surface area contributed by atoms with E-state index in [9.17, 15) is 19.7 Å². The molecule has 0 saturated carbocycles. The van der Waals surface area contributed by atoms with Crippen LogP contribution in [0.15, 0.2) is 30.6 Å². The molecule has 0 amide bonds. The molecule has 1 aromatic heterocycles. The molecule has 0 bridgehead atoms. The average molecular weight is 289 g/mol. The lowest BCUT2D eigenvalue weighted by atomic mass is 10.2. The second-order valence-corrected chi connectivity index (χ2v) is 4.01. The molecule has 0 unspecified atom stereocenters. The topological polar surface area (TPSA) is 104 Å². The molecule has 1 heterocycles. The Kier molecular flexibility index (Phi) is 4.07. The lowest BCUT2D eigenvalue weighted by Crippen LogP contribution is -2.03. The first-order chi connectivity index (χ1) is 10.1. The molecule has 8 nitrogen and oxygen atoms in total.